The molecule has 0 unspecified atom stereocenters. The number of amides is 1. The highest BCUT2D eigenvalue weighted by atomic mass is 32.2. The van der Waals surface area contributed by atoms with E-state index in [0.29, 0.717) is 16.8 Å². The molecule has 1 amide bonds. The average Bonchev–Trinajstić information content (AvgIpc) is 2.80. The number of fused-ring (bicyclic) bond motifs is 1. The van der Waals surface area contributed by atoms with Crippen molar-refractivity contribution < 1.29 is 17.6 Å². The SMILES string of the molecule is CCN(CC)c1cccc2c(S(=O)(=O)Nc3ccc(NC(=O)C(C)(C)CF)cc3)cccc12. The second kappa shape index (κ2) is 9.79. The molecule has 0 atom stereocenters. The molecule has 3 aromatic carbocycles. The Kier molecular flexibility index (Phi) is 7.27. The summed E-state index contributed by atoms with van der Waals surface area (Å²) in [6.07, 6.45) is 0. The maximum absolute atomic E-state index is 13.2. The van der Waals surface area contributed by atoms with Crippen LogP contribution in [0.3, 0.4) is 0 Å². The maximum atomic E-state index is 13.2. The van der Waals surface area contributed by atoms with Crippen LogP contribution < -0.4 is 14.9 Å². The van der Waals surface area contributed by atoms with E-state index in [2.05, 4.69) is 28.8 Å². The monoisotopic (exact) mass is 471 g/mol. The summed E-state index contributed by atoms with van der Waals surface area (Å²) in [6.45, 7) is 8.01. The molecule has 3 rings (SSSR count). The number of hydrogen-bond donors (Lipinski definition) is 2. The molecule has 33 heavy (non-hydrogen) atoms. The zero-order valence-electron chi connectivity index (χ0n) is 19.4. The summed E-state index contributed by atoms with van der Waals surface area (Å²) in [5.74, 6) is -0.446. The van der Waals surface area contributed by atoms with Crippen molar-refractivity contribution in [1.29, 1.82) is 0 Å². The lowest BCUT2D eigenvalue weighted by Crippen LogP contribution is -2.32. The molecule has 0 aromatic heterocycles. The topological polar surface area (TPSA) is 78.5 Å². The van der Waals surface area contributed by atoms with Gasteiger partial charge in [0.25, 0.3) is 10.0 Å². The Morgan fingerprint density at radius 2 is 1.48 bits per heavy atom. The van der Waals surface area contributed by atoms with Crippen LogP contribution in [-0.4, -0.2) is 34.1 Å². The van der Waals surface area contributed by atoms with Crippen LogP contribution in [0, 0.1) is 5.41 Å². The van der Waals surface area contributed by atoms with Gasteiger partial charge in [-0.25, -0.2) is 12.8 Å². The Hall–Kier alpha value is -3.13. The van der Waals surface area contributed by atoms with Gasteiger partial charge in [0.05, 0.1) is 10.3 Å². The van der Waals surface area contributed by atoms with Crippen LogP contribution in [0.4, 0.5) is 21.5 Å². The van der Waals surface area contributed by atoms with E-state index < -0.39 is 28.0 Å². The predicted molar refractivity (Wildman–Crippen MR) is 133 cm³/mol. The van der Waals surface area contributed by atoms with Gasteiger partial charge in [-0.2, -0.15) is 0 Å². The fourth-order valence-corrected chi connectivity index (χ4v) is 4.81. The smallest absolute Gasteiger partial charge is 0.262 e. The second-order valence-corrected chi connectivity index (χ2v) is 10.1. The highest BCUT2D eigenvalue weighted by Crippen LogP contribution is 2.32. The van der Waals surface area contributed by atoms with E-state index in [1.54, 1.807) is 36.4 Å². The normalized spacial score (nSPS) is 11.9. The van der Waals surface area contributed by atoms with Gasteiger partial charge in [-0.05, 0) is 64.1 Å². The standard InChI is InChI=1S/C25H30FN3O3S/c1-5-29(6-2)22-11-7-10-21-20(22)9-8-12-23(21)33(31,32)28-19-15-13-18(14-16-19)27-24(30)25(3,4)17-26/h7-16,28H,5-6,17H2,1-4H3,(H,27,30). The Balaban J connectivity index is 1.88. The van der Waals surface area contributed by atoms with E-state index in [1.807, 2.05) is 24.3 Å². The summed E-state index contributed by atoms with van der Waals surface area (Å²) >= 11 is 0. The summed E-state index contributed by atoms with van der Waals surface area (Å²) < 4.78 is 42.1. The van der Waals surface area contributed by atoms with Crippen LogP contribution in [-0.2, 0) is 14.8 Å². The molecule has 0 aliphatic heterocycles. The molecule has 0 heterocycles. The minimum absolute atomic E-state index is 0.191. The van der Waals surface area contributed by atoms with Gasteiger partial charge >= 0.3 is 0 Å². The van der Waals surface area contributed by atoms with Crippen molar-refractivity contribution in [1.82, 2.24) is 0 Å². The largest absolute Gasteiger partial charge is 0.372 e. The fraction of sp³-hybridized carbons (Fsp3) is 0.320. The summed E-state index contributed by atoms with van der Waals surface area (Å²) in [5.41, 5.74) is 0.664. The molecule has 8 heteroatoms. The Morgan fingerprint density at radius 1 is 0.909 bits per heavy atom. The van der Waals surface area contributed by atoms with E-state index >= 15 is 0 Å². The fourth-order valence-electron chi connectivity index (χ4n) is 3.53. The molecule has 0 fully saturated rings. The summed E-state index contributed by atoms with van der Waals surface area (Å²) in [6, 6.07) is 17.2. The van der Waals surface area contributed by atoms with E-state index in [4.69, 9.17) is 0 Å². The maximum Gasteiger partial charge on any atom is 0.262 e. The molecule has 0 saturated carbocycles. The minimum Gasteiger partial charge on any atom is -0.372 e. The lowest BCUT2D eigenvalue weighted by atomic mass is 9.94. The van der Waals surface area contributed by atoms with Gasteiger partial charge in [-0.15, -0.1) is 0 Å². The number of alkyl halides is 1. The zero-order chi connectivity index (χ0) is 24.2. The molecular formula is C25H30FN3O3S. The van der Waals surface area contributed by atoms with Crippen LogP contribution in [0.5, 0.6) is 0 Å². The van der Waals surface area contributed by atoms with Crippen molar-refractivity contribution in [2.75, 3.05) is 34.7 Å². The molecular weight excluding hydrogens is 441 g/mol. The molecule has 0 bridgehead atoms. The number of sulfonamides is 1. The third kappa shape index (κ3) is 5.27. The minimum atomic E-state index is -3.86. The number of halogens is 1. The average molecular weight is 472 g/mol. The van der Waals surface area contributed by atoms with Crippen molar-refractivity contribution in [3.63, 3.8) is 0 Å². The molecule has 6 nitrogen and oxygen atoms in total. The predicted octanol–water partition coefficient (Wildman–Crippen LogP) is 5.42. The van der Waals surface area contributed by atoms with Gasteiger partial charge in [0.15, 0.2) is 0 Å². The van der Waals surface area contributed by atoms with Crippen LogP contribution in [0.2, 0.25) is 0 Å². The van der Waals surface area contributed by atoms with Crippen molar-refractivity contribution >= 4 is 43.8 Å². The van der Waals surface area contributed by atoms with Crippen molar-refractivity contribution in [2.45, 2.75) is 32.6 Å². The van der Waals surface area contributed by atoms with Gasteiger partial charge in [-0.3, -0.25) is 9.52 Å². The van der Waals surface area contributed by atoms with E-state index in [9.17, 15) is 17.6 Å². The Morgan fingerprint density at radius 3 is 2.09 bits per heavy atom. The van der Waals surface area contributed by atoms with E-state index in [0.717, 1.165) is 24.2 Å². The van der Waals surface area contributed by atoms with Crippen LogP contribution in [0.25, 0.3) is 10.8 Å². The summed E-state index contributed by atoms with van der Waals surface area (Å²) in [4.78, 5) is 14.5. The van der Waals surface area contributed by atoms with Crippen molar-refractivity contribution in [3.05, 3.63) is 60.7 Å². The van der Waals surface area contributed by atoms with Gasteiger partial charge in [0.1, 0.15) is 6.67 Å². The number of anilines is 3. The first-order valence-electron chi connectivity index (χ1n) is 10.9. The number of carbonyl (C=O) groups excluding carboxylic acids is 1. The number of nitrogens with zero attached hydrogens (tertiary/aromatic N) is 1. The van der Waals surface area contributed by atoms with Gasteiger partial charge in [0.2, 0.25) is 5.91 Å². The molecule has 176 valence electrons. The summed E-state index contributed by atoms with van der Waals surface area (Å²) in [5, 5.41) is 4.16. The number of rotatable bonds is 9. The molecule has 0 aliphatic carbocycles. The van der Waals surface area contributed by atoms with Gasteiger partial charge in [-0.1, -0.05) is 24.3 Å². The molecule has 3 aromatic rings. The third-order valence-corrected chi connectivity index (χ3v) is 7.04. The van der Waals surface area contributed by atoms with E-state index in [1.165, 1.54) is 13.8 Å². The highest BCUT2D eigenvalue weighted by Gasteiger charge is 2.27. The zero-order valence-corrected chi connectivity index (χ0v) is 20.2. The number of nitrogens with one attached hydrogen (secondary N) is 2. The van der Waals surface area contributed by atoms with Crippen LogP contribution in [0.1, 0.15) is 27.7 Å². The number of carbonyl (C=O) groups is 1. The van der Waals surface area contributed by atoms with Gasteiger partial charge < -0.3 is 10.2 Å². The first kappa shape index (κ1) is 24.5. The molecule has 2 N–H and O–H groups in total. The lowest BCUT2D eigenvalue weighted by molar-refractivity contribution is -0.124. The molecule has 0 aliphatic rings. The molecule has 0 saturated heterocycles. The van der Waals surface area contributed by atoms with Crippen molar-refractivity contribution in [2.24, 2.45) is 5.41 Å². The van der Waals surface area contributed by atoms with Crippen LogP contribution in [0.15, 0.2) is 65.6 Å². The Bertz CT molecular complexity index is 1240. The second-order valence-electron chi connectivity index (χ2n) is 8.46. The molecule has 0 radical (unpaired) electrons. The quantitative estimate of drug-likeness (QED) is 0.437. The van der Waals surface area contributed by atoms with Crippen molar-refractivity contribution in [3.8, 4) is 0 Å². The number of hydrogen-bond acceptors (Lipinski definition) is 4. The highest BCUT2D eigenvalue weighted by molar-refractivity contribution is 7.93. The van der Waals surface area contributed by atoms with Gasteiger partial charge in [0, 0.05) is 40.9 Å². The summed E-state index contributed by atoms with van der Waals surface area (Å²) in [7, 11) is -3.86. The Labute approximate surface area is 194 Å². The first-order valence-corrected chi connectivity index (χ1v) is 12.4. The first-order chi connectivity index (χ1) is 15.6. The van der Waals surface area contributed by atoms with Crippen LogP contribution >= 0.6 is 0 Å². The number of benzene rings is 3. The molecule has 0 spiro atoms. The third-order valence-electron chi connectivity index (χ3n) is 5.60. The lowest BCUT2D eigenvalue weighted by Gasteiger charge is -2.23. The van der Waals surface area contributed by atoms with E-state index in [-0.39, 0.29) is 4.90 Å².